The van der Waals surface area contributed by atoms with Crippen LogP contribution in [0.15, 0.2) is 64.6 Å². The van der Waals surface area contributed by atoms with Crippen LogP contribution in [0, 0.1) is 17.1 Å². The second kappa shape index (κ2) is 11.9. The van der Waals surface area contributed by atoms with Crippen molar-refractivity contribution in [2.75, 3.05) is 11.9 Å². The number of anilines is 1. The number of halogens is 4. The topological polar surface area (TPSA) is 71.3 Å². The number of amides is 1. The van der Waals surface area contributed by atoms with Crippen LogP contribution in [0.25, 0.3) is 6.08 Å². The van der Waals surface area contributed by atoms with E-state index in [0.29, 0.717) is 38.2 Å². The van der Waals surface area contributed by atoms with Crippen LogP contribution in [0.5, 0.6) is 11.5 Å². The summed E-state index contributed by atoms with van der Waals surface area (Å²) >= 11 is 15.5. The quantitative estimate of drug-likeness (QED) is 0.229. The molecule has 0 aliphatic carbocycles. The maximum Gasteiger partial charge on any atom is 0.266 e. The van der Waals surface area contributed by atoms with Gasteiger partial charge in [-0.15, -0.1) is 0 Å². The van der Waals surface area contributed by atoms with E-state index in [1.165, 1.54) is 24.3 Å². The Labute approximate surface area is 214 Å². The third-order valence-corrected chi connectivity index (χ3v) is 5.83. The highest BCUT2D eigenvalue weighted by atomic mass is 79.9. The Hall–Kier alpha value is -3.05. The molecule has 0 bridgehead atoms. The van der Waals surface area contributed by atoms with E-state index in [1.54, 1.807) is 36.4 Å². The molecule has 174 valence electrons. The minimum absolute atomic E-state index is 0.0177. The highest BCUT2D eigenvalue weighted by Crippen LogP contribution is 2.38. The van der Waals surface area contributed by atoms with E-state index in [0.717, 1.165) is 5.56 Å². The van der Waals surface area contributed by atoms with Gasteiger partial charge in [-0.25, -0.2) is 4.39 Å². The number of nitrogens with one attached hydrogen (secondary N) is 1. The lowest BCUT2D eigenvalue weighted by Gasteiger charge is -2.15. The lowest BCUT2D eigenvalue weighted by Crippen LogP contribution is -2.14. The molecule has 0 unspecified atom stereocenters. The Morgan fingerprint density at radius 3 is 2.59 bits per heavy atom. The number of nitriles is 1. The molecule has 0 atom stereocenters. The van der Waals surface area contributed by atoms with Crippen molar-refractivity contribution in [3.8, 4) is 17.6 Å². The van der Waals surface area contributed by atoms with Gasteiger partial charge in [0.05, 0.1) is 26.8 Å². The third kappa shape index (κ3) is 6.51. The molecule has 3 rings (SSSR count). The van der Waals surface area contributed by atoms with Gasteiger partial charge in [0.25, 0.3) is 5.91 Å². The average molecular weight is 564 g/mol. The second-order valence-corrected chi connectivity index (χ2v) is 8.57. The molecule has 0 radical (unpaired) electrons. The molecule has 3 aromatic carbocycles. The maximum atomic E-state index is 13.8. The lowest BCUT2D eigenvalue weighted by molar-refractivity contribution is -0.112. The molecule has 0 saturated heterocycles. The minimum atomic E-state index is -0.735. The van der Waals surface area contributed by atoms with Gasteiger partial charge in [0.1, 0.15) is 24.1 Å². The summed E-state index contributed by atoms with van der Waals surface area (Å²) in [5.74, 6) is -0.478. The summed E-state index contributed by atoms with van der Waals surface area (Å²) in [5.41, 5.74) is 1.10. The van der Waals surface area contributed by atoms with Crippen molar-refractivity contribution in [3.63, 3.8) is 0 Å². The summed E-state index contributed by atoms with van der Waals surface area (Å²) in [6.07, 6.45) is 1.38. The van der Waals surface area contributed by atoms with Crippen molar-refractivity contribution in [2.24, 2.45) is 0 Å². The number of para-hydroxylation sites is 1. The number of carbonyl (C=O) groups excluding carboxylic acids is 1. The molecule has 3 aromatic rings. The highest BCUT2D eigenvalue weighted by Gasteiger charge is 2.16. The number of hydrogen-bond acceptors (Lipinski definition) is 4. The average Bonchev–Trinajstić information content (AvgIpc) is 2.80. The molecular weight excluding hydrogens is 546 g/mol. The lowest BCUT2D eigenvalue weighted by atomic mass is 10.1. The first-order valence-electron chi connectivity index (χ1n) is 10.0. The summed E-state index contributed by atoms with van der Waals surface area (Å²) in [4.78, 5) is 12.5. The number of hydrogen-bond donors (Lipinski definition) is 1. The Bertz CT molecular complexity index is 1290. The van der Waals surface area contributed by atoms with Gasteiger partial charge in [0.2, 0.25) is 0 Å². The van der Waals surface area contributed by atoms with Gasteiger partial charge in [-0.2, -0.15) is 5.26 Å². The van der Waals surface area contributed by atoms with Crippen LogP contribution in [0.3, 0.4) is 0 Å². The molecule has 0 aliphatic heterocycles. The predicted molar refractivity (Wildman–Crippen MR) is 135 cm³/mol. The van der Waals surface area contributed by atoms with Crippen molar-refractivity contribution >= 4 is 56.8 Å². The van der Waals surface area contributed by atoms with Gasteiger partial charge >= 0.3 is 0 Å². The van der Waals surface area contributed by atoms with Crippen LogP contribution < -0.4 is 14.8 Å². The molecule has 0 aromatic heterocycles. The predicted octanol–water partition coefficient (Wildman–Crippen LogP) is 7.42. The zero-order valence-corrected chi connectivity index (χ0v) is 21.0. The molecule has 5 nitrogen and oxygen atoms in total. The number of benzene rings is 3. The van der Waals surface area contributed by atoms with Gasteiger partial charge in [-0.1, -0.05) is 41.4 Å². The zero-order valence-electron chi connectivity index (χ0n) is 17.9. The van der Waals surface area contributed by atoms with Crippen molar-refractivity contribution < 1.29 is 18.7 Å². The first-order valence-corrected chi connectivity index (χ1v) is 11.6. The van der Waals surface area contributed by atoms with Crippen molar-refractivity contribution in [3.05, 3.63) is 91.6 Å². The van der Waals surface area contributed by atoms with E-state index in [4.69, 9.17) is 32.7 Å². The zero-order chi connectivity index (χ0) is 24.7. The van der Waals surface area contributed by atoms with E-state index < -0.39 is 11.7 Å². The Morgan fingerprint density at radius 2 is 1.91 bits per heavy atom. The van der Waals surface area contributed by atoms with Crippen LogP contribution in [-0.4, -0.2) is 12.5 Å². The fraction of sp³-hybridized carbons (Fsp3) is 0.120. The monoisotopic (exact) mass is 562 g/mol. The van der Waals surface area contributed by atoms with Crippen LogP contribution >= 0.6 is 39.1 Å². The summed E-state index contributed by atoms with van der Waals surface area (Å²) < 4.78 is 26.1. The molecule has 0 aliphatic rings. The molecule has 1 N–H and O–H groups in total. The van der Waals surface area contributed by atoms with Crippen LogP contribution in [0.2, 0.25) is 10.0 Å². The molecule has 0 spiro atoms. The Morgan fingerprint density at radius 1 is 1.15 bits per heavy atom. The van der Waals surface area contributed by atoms with E-state index in [1.807, 2.05) is 13.0 Å². The Kier molecular flexibility index (Phi) is 8.94. The first kappa shape index (κ1) is 25.6. The SMILES string of the molecule is CCOc1cc(/C=C(/C#N)C(=O)Nc2ccccc2F)cc(Br)c1OCc1ccc(Cl)c(Cl)c1. The van der Waals surface area contributed by atoms with Crippen LogP contribution in [-0.2, 0) is 11.4 Å². The van der Waals surface area contributed by atoms with Gasteiger partial charge in [0, 0.05) is 0 Å². The number of ether oxygens (including phenoxy) is 2. The summed E-state index contributed by atoms with van der Waals surface area (Å²) in [6.45, 7) is 2.39. The largest absolute Gasteiger partial charge is 0.490 e. The third-order valence-electron chi connectivity index (χ3n) is 4.50. The van der Waals surface area contributed by atoms with Crippen molar-refractivity contribution in [1.82, 2.24) is 0 Å². The second-order valence-electron chi connectivity index (χ2n) is 6.90. The van der Waals surface area contributed by atoms with Gasteiger partial charge in [0.15, 0.2) is 11.5 Å². The van der Waals surface area contributed by atoms with Gasteiger partial charge in [-0.3, -0.25) is 4.79 Å². The molecule has 0 heterocycles. The van der Waals surface area contributed by atoms with E-state index in [9.17, 15) is 14.4 Å². The summed E-state index contributed by atoms with van der Waals surface area (Å²) in [5, 5.41) is 12.8. The maximum absolute atomic E-state index is 13.8. The molecule has 1 amide bonds. The number of rotatable bonds is 8. The smallest absolute Gasteiger partial charge is 0.266 e. The van der Waals surface area contributed by atoms with Crippen LogP contribution in [0.4, 0.5) is 10.1 Å². The molecule has 0 fully saturated rings. The fourth-order valence-electron chi connectivity index (χ4n) is 2.93. The fourth-order valence-corrected chi connectivity index (χ4v) is 3.82. The Balaban J connectivity index is 1.86. The first-order chi connectivity index (χ1) is 16.3. The van der Waals surface area contributed by atoms with Gasteiger partial charge in [-0.05, 0) is 76.5 Å². The molecule has 0 saturated carbocycles. The van der Waals surface area contributed by atoms with E-state index in [-0.39, 0.29) is 17.9 Å². The molecular formula is C25H18BrCl2FN2O3. The standard InChI is InChI=1S/C25H18BrCl2FN2O3/c1-2-33-23-12-16(9-17(13-30)25(32)31-22-6-4-3-5-21(22)29)10-18(26)24(23)34-14-15-7-8-19(27)20(28)11-15/h3-12H,2,14H2,1H3,(H,31,32)/b17-9-. The molecule has 9 heteroatoms. The molecule has 34 heavy (non-hydrogen) atoms. The number of nitrogens with zero attached hydrogens (tertiary/aromatic N) is 1. The van der Waals surface area contributed by atoms with Crippen molar-refractivity contribution in [1.29, 1.82) is 5.26 Å². The van der Waals surface area contributed by atoms with Crippen molar-refractivity contribution in [2.45, 2.75) is 13.5 Å². The van der Waals surface area contributed by atoms with E-state index >= 15 is 0 Å². The van der Waals surface area contributed by atoms with Crippen LogP contribution in [0.1, 0.15) is 18.1 Å². The van der Waals surface area contributed by atoms with Gasteiger partial charge < -0.3 is 14.8 Å². The summed E-state index contributed by atoms with van der Waals surface area (Å²) in [7, 11) is 0. The van der Waals surface area contributed by atoms with E-state index in [2.05, 4.69) is 21.2 Å². The highest BCUT2D eigenvalue weighted by molar-refractivity contribution is 9.10. The minimum Gasteiger partial charge on any atom is -0.490 e. The summed E-state index contributed by atoms with van der Waals surface area (Å²) in [6, 6.07) is 16.1. The normalized spacial score (nSPS) is 11.0. The number of carbonyl (C=O) groups is 1.